The molecule has 48 heavy (non-hydrogen) atoms. The van der Waals surface area contributed by atoms with Crippen molar-refractivity contribution in [3.8, 4) is 23.0 Å². The van der Waals surface area contributed by atoms with Gasteiger partial charge in [0, 0.05) is 56.7 Å². The van der Waals surface area contributed by atoms with E-state index in [4.69, 9.17) is 18.9 Å². The molecule has 3 aliphatic heterocycles. The van der Waals surface area contributed by atoms with Gasteiger partial charge in [-0.1, -0.05) is 6.07 Å². The number of anilines is 1. The molecule has 0 aliphatic carbocycles. The maximum atomic E-state index is 13.6. The van der Waals surface area contributed by atoms with Crippen LogP contribution in [0.3, 0.4) is 0 Å². The summed E-state index contributed by atoms with van der Waals surface area (Å²) in [6, 6.07) is 16.4. The van der Waals surface area contributed by atoms with Gasteiger partial charge in [-0.15, -0.1) is 0 Å². The average Bonchev–Trinajstić information content (AvgIpc) is 3.08. The molecule has 13 nitrogen and oxygen atoms in total. The topological polar surface area (TPSA) is 153 Å². The number of likely N-dealkylation sites (tertiary alicyclic amines) is 1. The second kappa shape index (κ2) is 14.8. The predicted molar refractivity (Wildman–Crippen MR) is 178 cm³/mol. The van der Waals surface area contributed by atoms with Crippen molar-refractivity contribution in [1.82, 2.24) is 15.5 Å². The summed E-state index contributed by atoms with van der Waals surface area (Å²) in [5, 5.41) is 5.93. The van der Waals surface area contributed by atoms with Gasteiger partial charge in [-0.2, -0.15) is 0 Å². The number of benzene rings is 3. The van der Waals surface area contributed by atoms with E-state index in [2.05, 4.69) is 10.6 Å². The Kier molecular flexibility index (Phi) is 10.6. The summed E-state index contributed by atoms with van der Waals surface area (Å²) < 4.78 is 48.3. The summed E-state index contributed by atoms with van der Waals surface area (Å²) in [5.74, 6) is 1.04. The smallest absolute Gasteiger partial charge is 0.258 e. The van der Waals surface area contributed by atoms with Crippen LogP contribution < -0.4 is 33.9 Å². The molecule has 0 unspecified atom stereocenters. The van der Waals surface area contributed by atoms with Crippen LogP contribution >= 0.6 is 0 Å². The van der Waals surface area contributed by atoms with Gasteiger partial charge in [-0.3, -0.25) is 18.7 Å². The van der Waals surface area contributed by atoms with E-state index in [9.17, 15) is 22.8 Å². The molecular formula is C34H40N4O9S. The molecule has 2 atom stereocenters. The molecule has 3 heterocycles. The quantitative estimate of drug-likeness (QED) is 0.414. The summed E-state index contributed by atoms with van der Waals surface area (Å²) in [6.45, 7) is 0.447. The van der Waals surface area contributed by atoms with E-state index in [1.54, 1.807) is 60.5 Å². The Hall–Kier alpha value is -4.98. The summed E-state index contributed by atoms with van der Waals surface area (Å²) in [6.07, 6.45) is 1.71. The zero-order valence-electron chi connectivity index (χ0n) is 27.4. The lowest BCUT2D eigenvalue weighted by Crippen LogP contribution is -2.58. The molecule has 6 rings (SSSR count). The van der Waals surface area contributed by atoms with Gasteiger partial charge in [0.2, 0.25) is 15.9 Å². The molecule has 3 aliphatic rings. The third-order valence-corrected chi connectivity index (χ3v) is 9.61. The van der Waals surface area contributed by atoms with E-state index in [0.29, 0.717) is 53.6 Å². The molecule has 2 N–H and O–H groups in total. The molecule has 0 radical (unpaired) electrons. The van der Waals surface area contributed by atoms with E-state index in [0.717, 1.165) is 21.7 Å². The monoisotopic (exact) mass is 680 g/mol. The predicted octanol–water partition coefficient (Wildman–Crippen LogP) is 2.52. The molecule has 3 amide bonds. The first-order valence-electron chi connectivity index (χ1n) is 15.5. The molecule has 0 aromatic heterocycles. The van der Waals surface area contributed by atoms with Crippen molar-refractivity contribution in [1.29, 1.82) is 0 Å². The minimum atomic E-state index is -3.46. The number of nitrogens with one attached hydrogen (secondary N) is 2. The molecule has 0 spiro atoms. The lowest BCUT2D eigenvalue weighted by molar-refractivity contribution is -0.125. The molecule has 1 saturated heterocycles. The van der Waals surface area contributed by atoms with E-state index >= 15 is 0 Å². The van der Waals surface area contributed by atoms with Crippen molar-refractivity contribution in [3.63, 3.8) is 0 Å². The molecule has 3 aromatic rings. The highest BCUT2D eigenvalue weighted by Crippen LogP contribution is 2.30. The fourth-order valence-electron chi connectivity index (χ4n) is 5.62. The Morgan fingerprint density at radius 3 is 2.42 bits per heavy atom. The molecule has 4 bridgehead atoms. The maximum absolute atomic E-state index is 13.6. The van der Waals surface area contributed by atoms with Gasteiger partial charge in [0.25, 0.3) is 11.8 Å². The number of amides is 3. The van der Waals surface area contributed by atoms with Gasteiger partial charge in [-0.05, 0) is 60.5 Å². The first-order chi connectivity index (χ1) is 22.9. The second-order valence-electron chi connectivity index (χ2n) is 11.7. The maximum Gasteiger partial charge on any atom is 0.258 e. The third kappa shape index (κ3) is 8.29. The largest absolute Gasteiger partial charge is 0.496 e. The molecule has 3 aromatic carbocycles. The third-order valence-electron chi connectivity index (χ3n) is 8.41. The fraction of sp³-hybridized carbons (Fsp3) is 0.382. The minimum absolute atomic E-state index is 0.130. The van der Waals surface area contributed by atoms with Crippen LogP contribution in [0.4, 0.5) is 5.69 Å². The van der Waals surface area contributed by atoms with E-state index in [-0.39, 0.29) is 37.9 Å². The summed E-state index contributed by atoms with van der Waals surface area (Å²) in [4.78, 5) is 41.2. The van der Waals surface area contributed by atoms with Crippen molar-refractivity contribution in [2.24, 2.45) is 0 Å². The van der Waals surface area contributed by atoms with Crippen molar-refractivity contribution in [3.05, 3.63) is 77.4 Å². The van der Waals surface area contributed by atoms with E-state index in [1.807, 2.05) is 12.1 Å². The summed E-state index contributed by atoms with van der Waals surface area (Å²) in [7, 11) is 1.03. The number of hydrogen-bond acceptors (Lipinski definition) is 9. The lowest BCUT2D eigenvalue weighted by Gasteiger charge is -2.39. The average molecular weight is 681 g/mol. The number of hydrogen-bond donors (Lipinski definition) is 2. The number of rotatable bonds is 5. The van der Waals surface area contributed by atoms with Gasteiger partial charge in [0.1, 0.15) is 17.6 Å². The molecule has 0 saturated carbocycles. The van der Waals surface area contributed by atoms with Crippen molar-refractivity contribution in [2.45, 2.75) is 38.0 Å². The van der Waals surface area contributed by atoms with Crippen LogP contribution in [-0.4, -0.2) is 90.4 Å². The molecule has 1 fully saturated rings. The minimum Gasteiger partial charge on any atom is -0.496 e. The van der Waals surface area contributed by atoms with Crippen molar-refractivity contribution < 1.29 is 41.7 Å². The summed E-state index contributed by atoms with van der Waals surface area (Å²) >= 11 is 0. The van der Waals surface area contributed by atoms with Crippen LogP contribution in [0.25, 0.3) is 0 Å². The first kappa shape index (κ1) is 34.4. The van der Waals surface area contributed by atoms with Crippen LogP contribution in [0.5, 0.6) is 23.0 Å². The SMILES string of the molecule is COc1cc2ccc1CNC(=O)CCc1ccc(OC)c(c1)OCC(=O)N[C@@H]1CN(C(=O)c3ccc(N(C)S(C)(=O)=O)cc3)CC[C@@H]1O2. The Bertz CT molecular complexity index is 1760. The van der Waals surface area contributed by atoms with Crippen LogP contribution in [0, 0.1) is 0 Å². The zero-order valence-corrected chi connectivity index (χ0v) is 28.2. The number of carbonyl (C=O) groups is 3. The number of nitrogens with zero attached hydrogens (tertiary/aromatic N) is 2. The van der Waals surface area contributed by atoms with Crippen LogP contribution in [0.2, 0.25) is 0 Å². The number of aryl methyl sites for hydroxylation is 1. The Balaban J connectivity index is 1.40. The standard InChI is InChI=1S/C34H40N4O9S/c1-37(48(4,42)43)25-10-7-23(8-11-25)34(41)38-16-15-28-27(20-38)36-33(40)21-46-31-17-22(5-13-29(31)44-2)6-14-32(39)35-19-24-9-12-26(47-28)18-30(24)45-3/h5,7-13,17-18,27-28H,6,14-16,19-21H2,1-4H3,(H,35,39)(H,36,40)/t27-,28+/m1/s1. The van der Waals surface area contributed by atoms with Gasteiger partial charge in [0.15, 0.2) is 18.1 Å². The van der Waals surface area contributed by atoms with Crippen LogP contribution in [0.1, 0.15) is 34.3 Å². The summed E-state index contributed by atoms with van der Waals surface area (Å²) in [5.41, 5.74) is 2.42. The van der Waals surface area contributed by atoms with Gasteiger partial charge in [0.05, 0.1) is 32.2 Å². The highest BCUT2D eigenvalue weighted by molar-refractivity contribution is 7.92. The normalized spacial score (nSPS) is 18.8. The Morgan fingerprint density at radius 2 is 1.71 bits per heavy atom. The highest BCUT2D eigenvalue weighted by atomic mass is 32.2. The number of fused-ring (bicyclic) bond motifs is 9. The Morgan fingerprint density at radius 1 is 0.958 bits per heavy atom. The number of carbonyl (C=O) groups excluding carboxylic acids is 3. The van der Waals surface area contributed by atoms with Crippen molar-refractivity contribution in [2.75, 3.05) is 51.5 Å². The van der Waals surface area contributed by atoms with Gasteiger partial charge in [-0.25, -0.2) is 8.42 Å². The first-order valence-corrected chi connectivity index (χ1v) is 17.3. The number of sulfonamides is 1. The van der Waals surface area contributed by atoms with Crippen molar-refractivity contribution >= 4 is 33.4 Å². The zero-order chi connectivity index (χ0) is 34.4. The molecular weight excluding hydrogens is 640 g/mol. The van der Waals surface area contributed by atoms with E-state index in [1.165, 1.54) is 14.2 Å². The number of ether oxygens (including phenoxy) is 4. The lowest BCUT2D eigenvalue weighted by atomic mass is 10.0. The molecule has 256 valence electrons. The number of methoxy groups -OCH3 is 2. The van der Waals surface area contributed by atoms with E-state index < -0.39 is 28.1 Å². The number of piperidine rings is 1. The van der Waals surface area contributed by atoms with Gasteiger partial charge >= 0.3 is 0 Å². The fourth-order valence-corrected chi connectivity index (χ4v) is 6.13. The Labute approximate surface area is 280 Å². The van der Waals surface area contributed by atoms with Gasteiger partial charge < -0.3 is 34.5 Å². The molecule has 14 heteroatoms. The van der Waals surface area contributed by atoms with Crippen LogP contribution in [-0.2, 0) is 32.6 Å². The van der Waals surface area contributed by atoms with Crippen LogP contribution in [0.15, 0.2) is 60.7 Å². The highest BCUT2D eigenvalue weighted by Gasteiger charge is 2.35. The second-order valence-corrected chi connectivity index (χ2v) is 13.7.